The molecule has 0 aromatic heterocycles. The van der Waals surface area contributed by atoms with Crippen LogP contribution in [0.1, 0.15) is 210 Å². The number of fused-ring (bicyclic) bond motifs is 7. The lowest BCUT2D eigenvalue weighted by atomic mass is 9.53. The number of unbranched alkanes of at least 4 members (excludes halogenated alkanes) is 3. The first-order chi connectivity index (χ1) is 54.0. The summed E-state index contributed by atoms with van der Waals surface area (Å²) in [5, 5.41) is 36.0. The second-order valence-electron chi connectivity index (χ2n) is 34.5. The van der Waals surface area contributed by atoms with Gasteiger partial charge in [0.15, 0.2) is 11.5 Å². The van der Waals surface area contributed by atoms with Gasteiger partial charge in [0.25, 0.3) is 11.7 Å². The van der Waals surface area contributed by atoms with Crippen molar-refractivity contribution < 1.29 is 111 Å². The average molecular weight is 1600 g/mol. The zero-order valence-electron chi connectivity index (χ0n) is 70.7. The Labute approximate surface area is 674 Å². The van der Waals surface area contributed by atoms with E-state index in [4.69, 9.17) is 47.4 Å². The standard InChI is InChI=1S/C88H131N3O23/c1-51-28-21-20-22-29-52(2)66(106-15)46-60-35-33-57(7)88(104,114-60)82(100)83(101)91-41-26-25-30-63(91)85(103)111-67(47-64(93)53(3)43-56(6)78(97)81(108-17)77(96)55(5)42-51)54(4)44-59-34-37-65(68(45-59)107-16)110-72(94)31-23-18-19-24-32-73(95)112-70-38-36-62-74-76(69(109-58(8)92)48-86(62,70)9)87(10)71(50-105-14)113-84(102)61(75(87)80(99)79(74)98)49-90(13)40-27-39-89(11)12/h20-22,28-29,43,49,51,53-55,57,59-60,62-63,65-71,78,81,97,99,104H,18-19,23-27,30-42,44-48,50H2,1-17H3/t51-,53-,54-,55-,57-,59+,60+,62+,63+,65-,66?,67+,68-,69-,70+,71-,78-,81?,86+,87+,88-/m1/s1. The van der Waals surface area contributed by atoms with E-state index in [9.17, 15) is 63.3 Å². The number of carbonyl (C=O) groups excluding carboxylic acids is 10. The highest BCUT2D eigenvalue weighted by Crippen LogP contribution is 2.64. The van der Waals surface area contributed by atoms with E-state index in [0.717, 1.165) is 18.5 Å². The molecule has 0 aromatic rings. The molecule has 5 fully saturated rings. The van der Waals surface area contributed by atoms with Crippen LogP contribution >= 0.6 is 0 Å². The normalized spacial score (nSPS) is 34.7. The third-order valence-corrected chi connectivity index (χ3v) is 25.6. The van der Waals surface area contributed by atoms with E-state index in [1.54, 1.807) is 68.2 Å². The number of methoxy groups -OCH3 is 4. The molecule has 4 heterocycles. The number of carbonyl (C=O) groups is 10. The summed E-state index contributed by atoms with van der Waals surface area (Å²) in [7, 11) is 11.7. The summed E-state index contributed by atoms with van der Waals surface area (Å²) in [6.07, 6.45) is 12.7. The van der Waals surface area contributed by atoms with E-state index >= 15 is 0 Å². The van der Waals surface area contributed by atoms with Gasteiger partial charge in [-0.25, -0.2) is 9.59 Å². The molecule has 2 bridgehead atoms. The van der Waals surface area contributed by atoms with Gasteiger partial charge in [-0.15, -0.1) is 0 Å². The van der Waals surface area contributed by atoms with Gasteiger partial charge >= 0.3 is 29.8 Å². The van der Waals surface area contributed by atoms with E-state index in [2.05, 4.69) is 0 Å². The third kappa shape index (κ3) is 22.0. The Morgan fingerprint density at radius 1 is 0.754 bits per heavy atom. The zero-order chi connectivity index (χ0) is 83.8. The van der Waals surface area contributed by atoms with Gasteiger partial charge in [-0.3, -0.25) is 38.4 Å². The lowest BCUT2D eigenvalue weighted by Gasteiger charge is -2.54. The maximum absolute atomic E-state index is 14.9. The number of allylic oxidation sites excluding steroid dienone is 7. The van der Waals surface area contributed by atoms with Crippen molar-refractivity contribution >= 4 is 58.9 Å². The van der Waals surface area contributed by atoms with E-state index < -0.39 is 166 Å². The minimum Gasteiger partial charge on any atom is -0.504 e. The van der Waals surface area contributed by atoms with Gasteiger partial charge in [0, 0.05) is 122 Å². The van der Waals surface area contributed by atoms with Crippen LogP contribution in [-0.4, -0.2) is 238 Å². The first kappa shape index (κ1) is 92.5. The molecule has 26 nitrogen and oxygen atoms in total. The number of ketones is 4. The van der Waals surface area contributed by atoms with Crippen LogP contribution in [0.15, 0.2) is 81.9 Å². The molecule has 0 spiro atoms. The Morgan fingerprint density at radius 3 is 2.11 bits per heavy atom. The van der Waals surface area contributed by atoms with E-state index in [0.29, 0.717) is 114 Å². The van der Waals surface area contributed by atoms with Gasteiger partial charge in [0.05, 0.1) is 35.9 Å². The molecule has 114 heavy (non-hydrogen) atoms. The number of Topliss-reactive ketones (excluding diaryl/α,β-unsaturated/α-hetero) is 4. The highest BCUT2D eigenvalue weighted by Gasteiger charge is 2.66. The molecule has 21 atom stereocenters. The molecule has 4 aliphatic heterocycles. The van der Waals surface area contributed by atoms with Crippen LogP contribution in [0.4, 0.5) is 0 Å². The zero-order valence-corrected chi connectivity index (χ0v) is 70.7. The maximum Gasteiger partial charge on any atom is 0.340 e. The monoisotopic (exact) mass is 1600 g/mol. The quantitative estimate of drug-likeness (QED) is 0.0214. The largest absolute Gasteiger partial charge is 0.504 e. The fourth-order valence-electron chi connectivity index (χ4n) is 18.9. The smallest absolute Gasteiger partial charge is 0.340 e. The predicted octanol–water partition coefficient (Wildman–Crippen LogP) is 10.8. The molecular formula is C88H131N3O23. The second kappa shape index (κ2) is 41.4. The number of piperidine rings is 1. The molecule has 2 unspecified atom stereocenters. The van der Waals surface area contributed by atoms with Crippen molar-refractivity contribution in [2.75, 3.05) is 75.8 Å². The molecule has 8 rings (SSSR count). The summed E-state index contributed by atoms with van der Waals surface area (Å²) < 4.78 is 60.4. The molecule has 4 aliphatic carbocycles. The molecule has 0 radical (unpaired) electrons. The number of aliphatic hydroxyl groups excluding tert-OH is 2. The summed E-state index contributed by atoms with van der Waals surface area (Å²) in [4.78, 5) is 147. The Balaban J connectivity index is 0.888. The second-order valence-corrected chi connectivity index (χ2v) is 34.5. The van der Waals surface area contributed by atoms with Gasteiger partial charge in [-0.2, -0.15) is 0 Å². The highest BCUT2D eigenvalue weighted by atomic mass is 16.6. The lowest BCUT2D eigenvalue weighted by Crippen LogP contribution is -2.61. The minimum absolute atomic E-state index is 0.0196. The van der Waals surface area contributed by atoms with Gasteiger partial charge < -0.3 is 77.4 Å². The number of rotatable bonds is 23. The third-order valence-electron chi connectivity index (χ3n) is 25.6. The molecule has 3 saturated heterocycles. The molecule has 26 heteroatoms. The maximum atomic E-state index is 14.9. The van der Waals surface area contributed by atoms with Crippen molar-refractivity contribution in [3.05, 3.63) is 81.9 Å². The number of aliphatic hydroxyl groups is 3. The Bertz CT molecular complexity index is 3680. The minimum atomic E-state index is -2.50. The fraction of sp³-hybridized carbons (Fsp3) is 0.727. The number of nitrogens with zero attached hydrogens (tertiary/aromatic N) is 3. The Hall–Kier alpha value is -7.04. The van der Waals surface area contributed by atoms with E-state index in [1.165, 1.54) is 26.0 Å². The topological polar surface area (TPSA) is 333 Å². The van der Waals surface area contributed by atoms with Gasteiger partial charge in [0.2, 0.25) is 11.6 Å². The van der Waals surface area contributed by atoms with Crippen LogP contribution in [0.2, 0.25) is 0 Å². The van der Waals surface area contributed by atoms with Crippen LogP contribution in [0.5, 0.6) is 0 Å². The number of esters is 5. The van der Waals surface area contributed by atoms with Crippen LogP contribution in [0.25, 0.3) is 0 Å². The number of amides is 1. The lowest BCUT2D eigenvalue weighted by molar-refractivity contribution is -0.265. The number of cyclic esters (lactones) is 2. The summed E-state index contributed by atoms with van der Waals surface area (Å²) >= 11 is 0. The van der Waals surface area contributed by atoms with Crippen molar-refractivity contribution in [3.63, 3.8) is 0 Å². The van der Waals surface area contributed by atoms with Gasteiger partial charge in [-0.1, -0.05) is 90.8 Å². The molecule has 3 N–H and O–H groups in total. The molecule has 0 aromatic carbocycles. The van der Waals surface area contributed by atoms with Crippen molar-refractivity contribution in [1.29, 1.82) is 0 Å². The number of ether oxygens (including phenoxy) is 10. The first-order valence-electron chi connectivity index (χ1n) is 41.5. The molecule has 2 saturated carbocycles. The first-order valence-corrected chi connectivity index (χ1v) is 41.5. The summed E-state index contributed by atoms with van der Waals surface area (Å²) in [5.74, 6) is -12.8. The predicted molar refractivity (Wildman–Crippen MR) is 423 cm³/mol. The molecule has 1 amide bonds. The van der Waals surface area contributed by atoms with Crippen LogP contribution in [0, 0.1) is 52.3 Å². The summed E-state index contributed by atoms with van der Waals surface area (Å²) in [6, 6.07) is -1.23. The Kier molecular flexibility index (Phi) is 33.6. The molecule has 636 valence electrons. The van der Waals surface area contributed by atoms with Crippen LogP contribution in [-0.2, 0) is 95.3 Å². The van der Waals surface area contributed by atoms with E-state index in [-0.39, 0.29) is 91.8 Å². The van der Waals surface area contributed by atoms with Gasteiger partial charge in [0.1, 0.15) is 54.6 Å². The molecule has 8 aliphatic rings. The summed E-state index contributed by atoms with van der Waals surface area (Å²) in [5.41, 5.74) is -0.268. The van der Waals surface area contributed by atoms with Crippen LogP contribution < -0.4 is 0 Å². The number of hydrogen-bond acceptors (Lipinski definition) is 25. The van der Waals surface area contributed by atoms with Crippen molar-refractivity contribution in [1.82, 2.24) is 14.7 Å². The van der Waals surface area contributed by atoms with Crippen LogP contribution in [0.3, 0.4) is 0 Å². The van der Waals surface area contributed by atoms with Crippen molar-refractivity contribution in [2.45, 2.75) is 283 Å². The Morgan fingerprint density at radius 2 is 1.46 bits per heavy atom. The average Bonchev–Trinajstić information content (AvgIpc) is 1.16. The van der Waals surface area contributed by atoms with Gasteiger partial charge in [-0.05, 0) is 185 Å². The highest BCUT2D eigenvalue weighted by molar-refractivity contribution is 6.39. The fourth-order valence-corrected chi connectivity index (χ4v) is 18.9. The van der Waals surface area contributed by atoms with E-state index in [1.807, 2.05) is 82.0 Å². The molecular weight excluding hydrogens is 1470 g/mol. The van der Waals surface area contributed by atoms with Crippen molar-refractivity contribution in [2.24, 2.45) is 52.3 Å². The SMILES string of the molecule is COC[C@H]1OC(=O)C(=CN(C)CCCN(C)C)C2=C(O)C(=O)C3=C([C@H](OC(C)=O)C[C@]4(C)[C@@H](OC(=O)CCCCCCC(=O)O[C@@H]5CC[C@@H](C[C@@H](C)[C@@H]6CC(=O)[C@H](C)C=C(C)[C@@H](O)C(OC)C(=O)[C@H](C)C[C@H](C)C=CC=CC=C(C)C(OC)C[C@@H]7CC[C@@H](C)[C@@](O)(O7)C(=O)C(=O)N7CCCC[C@H]7C(=O)O6)C[C@H]5OC)CC[C@@H]34)[C@]21C. The van der Waals surface area contributed by atoms with Crippen molar-refractivity contribution in [3.8, 4) is 0 Å². The number of hydrogen-bond donors (Lipinski definition) is 3. The summed E-state index contributed by atoms with van der Waals surface area (Å²) in [6.45, 7) is 18.8.